The van der Waals surface area contributed by atoms with E-state index in [-0.39, 0.29) is 18.7 Å². The molecule has 0 aliphatic rings. The Balaban J connectivity index is 2.76. The third-order valence-electron chi connectivity index (χ3n) is 2.51. The van der Waals surface area contributed by atoms with Gasteiger partial charge >= 0.3 is 5.97 Å². The van der Waals surface area contributed by atoms with Gasteiger partial charge in [0.2, 0.25) is 0 Å². The third kappa shape index (κ3) is 4.21. The summed E-state index contributed by atoms with van der Waals surface area (Å²) in [5, 5.41) is 16.0. The maximum Gasteiger partial charge on any atom is 0.303 e. The summed E-state index contributed by atoms with van der Waals surface area (Å²) in [7, 11) is 0. The van der Waals surface area contributed by atoms with Gasteiger partial charge in [0.05, 0.1) is 11.9 Å². The number of halogens is 1. The van der Waals surface area contributed by atoms with E-state index in [1.165, 1.54) is 24.0 Å². The van der Waals surface area contributed by atoms with Gasteiger partial charge in [0.1, 0.15) is 18.5 Å². The van der Waals surface area contributed by atoms with Gasteiger partial charge in [0.15, 0.2) is 0 Å². The Labute approximate surface area is 116 Å². The molecule has 1 aromatic rings. The highest BCUT2D eigenvalue weighted by atomic mass is 19.1. The predicted molar refractivity (Wildman–Crippen MR) is 71.2 cm³/mol. The molecule has 0 saturated heterocycles. The minimum Gasteiger partial charge on any atom is -0.459 e. The number of benzene rings is 1. The Morgan fingerprint density at radius 3 is 2.85 bits per heavy atom. The molecule has 0 saturated carbocycles. The van der Waals surface area contributed by atoms with Gasteiger partial charge in [0.25, 0.3) is 0 Å². The second-order valence-corrected chi connectivity index (χ2v) is 4.03. The first-order chi connectivity index (χ1) is 9.47. The first kappa shape index (κ1) is 15.4. The summed E-state index contributed by atoms with van der Waals surface area (Å²) in [6.45, 7) is 5.14. The average molecular weight is 275 g/mol. The lowest BCUT2D eigenvalue weighted by molar-refractivity contribution is -0.140. The maximum absolute atomic E-state index is 13.5. The summed E-state index contributed by atoms with van der Waals surface area (Å²) in [6, 6.07) is 5.94. The molecule has 0 fully saturated rings. The number of carbonyl (C=O) groups is 1. The summed E-state index contributed by atoms with van der Waals surface area (Å²) in [5.41, 5.74) is 0.947. The Kier molecular flexibility index (Phi) is 5.42. The van der Waals surface area contributed by atoms with E-state index in [1.54, 1.807) is 12.1 Å². The standard InChI is InChI=1S/C14H14FN3O2/c1-10(8-20-11(2)19)18(9-17)7-12-3-4-13(6-16)14(15)5-12/h3-5,9,17H,1,7-8H2,2H3. The van der Waals surface area contributed by atoms with Crippen molar-refractivity contribution in [3.05, 3.63) is 47.4 Å². The highest BCUT2D eigenvalue weighted by molar-refractivity contribution is 5.66. The number of esters is 1. The van der Waals surface area contributed by atoms with Crippen LogP contribution >= 0.6 is 0 Å². The van der Waals surface area contributed by atoms with Crippen molar-refractivity contribution in [1.82, 2.24) is 4.90 Å². The normalized spacial score (nSPS) is 9.45. The molecule has 0 aliphatic heterocycles. The monoisotopic (exact) mass is 275 g/mol. The fourth-order valence-corrected chi connectivity index (χ4v) is 1.46. The van der Waals surface area contributed by atoms with Gasteiger partial charge in [-0.2, -0.15) is 5.26 Å². The minimum absolute atomic E-state index is 0.0334. The number of nitriles is 1. The maximum atomic E-state index is 13.5. The number of hydrogen-bond acceptors (Lipinski definition) is 4. The van der Waals surface area contributed by atoms with Crippen LogP contribution in [0.4, 0.5) is 4.39 Å². The molecule has 20 heavy (non-hydrogen) atoms. The van der Waals surface area contributed by atoms with Gasteiger partial charge in [-0.05, 0) is 17.7 Å². The van der Waals surface area contributed by atoms with E-state index in [9.17, 15) is 9.18 Å². The topological polar surface area (TPSA) is 77.2 Å². The molecule has 0 aromatic heterocycles. The van der Waals surface area contributed by atoms with Crippen molar-refractivity contribution in [2.24, 2.45) is 0 Å². The SMILES string of the molecule is C=C(COC(C)=O)N(C=N)Cc1ccc(C#N)c(F)c1. The number of nitrogens with one attached hydrogen (secondary N) is 1. The van der Waals surface area contributed by atoms with Gasteiger partial charge in [-0.15, -0.1) is 0 Å². The highest BCUT2D eigenvalue weighted by Crippen LogP contribution is 2.13. The zero-order valence-corrected chi connectivity index (χ0v) is 11.0. The van der Waals surface area contributed by atoms with Crippen LogP contribution < -0.4 is 0 Å². The van der Waals surface area contributed by atoms with Crippen molar-refractivity contribution < 1.29 is 13.9 Å². The van der Waals surface area contributed by atoms with Gasteiger partial charge in [-0.25, -0.2) is 4.39 Å². The van der Waals surface area contributed by atoms with Crippen molar-refractivity contribution in [3.8, 4) is 6.07 Å². The van der Waals surface area contributed by atoms with E-state index in [0.717, 1.165) is 6.34 Å². The zero-order valence-electron chi connectivity index (χ0n) is 11.0. The Hall–Kier alpha value is -2.68. The van der Waals surface area contributed by atoms with E-state index in [0.29, 0.717) is 11.3 Å². The number of ether oxygens (including phenoxy) is 1. The van der Waals surface area contributed by atoms with E-state index >= 15 is 0 Å². The van der Waals surface area contributed by atoms with E-state index < -0.39 is 11.8 Å². The molecule has 1 aromatic carbocycles. The van der Waals surface area contributed by atoms with Crippen molar-refractivity contribution in [3.63, 3.8) is 0 Å². The van der Waals surface area contributed by atoms with Crippen LogP contribution in [0.25, 0.3) is 0 Å². The van der Waals surface area contributed by atoms with Gasteiger partial charge < -0.3 is 9.64 Å². The Morgan fingerprint density at radius 1 is 1.65 bits per heavy atom. The van der Waals surface area contributed by atoms with Gasteiger partial charge in [0, 0.05) is 19.2 Å². The second kappa shape index (κ2) is 7.04. The number of rotatable bonds is 6. The van der Waals surface area contributed by atoms with E-state index in [2.05, 4.69) is 6.58 Å². The van der Waals surface area contributed by atoms with Crippen LogP contribution in [0.15, 0.2) is 30.5 Å². The van der Waals surface area contributed by atoms with Gasteiger partial charge in [-0.1, -0.05) is 12.6 Å². The first-order valence-corrected chi connectivity index (χ1v) is 5.74. The lowest BCUT2D eigenvalue weighted by Gasteiger charge is -2.21. The molecule has 0 amide bonds. The molecule has 0 heterocycles. The van der Waals surface area contributed by atoms with Crippen LogP contribution in [0.2, 0.25) is 0 Å². The summed E-state index contributed by atoms with van der Waals surface area (Å²) < 4.78 is 18.3. The van der Waals surface area contributed by atoms with Crippen molar-refractivity contribution in [1.29, 1.82) is 10.7 Å². The molecule has 104 valence electrons. The van der Waals surface area contributed by atoms with Crippen molar-refractivity contribution in [2.45, 2.75) is 13.5 Å². The van der Waals surface area contributed by atoms with Gasteiger partial charge in [-0.3, -0.25) is 10.2 Å². The number of nitrogens with zero attached hydrogens (tertiary/aromatic N) is 2. The molecule has 6 heteroatoms. The largest absolute Gasteiger partial charge is 0.459 e. The average Bonchev–Trinajstić information content (AvgIpc) is 2.42. The highest BCUT2D eigenvalue weighted by Gasteiger charge is 2.09. The Morgan fingerprint density at radius 2 is 2.35 bits per heavy atom. The second-order valence-electron chi connectivity index (χ2n) is 4.03. The molecule has 0 bridgehead atoms. The molecule has 1 rings (SSSR count). The van der Waals surface area contributed by atoms with Crippen LogP contribution in [0, 0.1) is 22.6 Å². The summed E-state index contributed by atoms with van der Waals surface area (Å²) in [4.78, 5) is 12.1. The molecular formula is C14H14FN3O2. The molecule has 1 N–H and O–H groups in total. The van der Waals surface area contributed by atoms with Crippen LogP contribution in [-0.2, 0) is 16.1 Å². The fraction of sp³-hybridized carbons (Fsp3) is 0.214. The van der Waals surface area contributed by atoms with Crippen molar-refractivity contribution >= 4 is 12.3 Å². The summed E-state index contributed by atoms with van der Waals surface area (Å²) in [6.07, 6.45) is 1.02. The van der Waals surface area contributed by atoms with Crippen LogP contribution in [-0.4, -0.2) is 23.8 Å². The predicted octanol–water partition coefficient (Wildman–Crippen LogP) is 2.18. The smallest absolute Gasteiger partial charge is 0.303 e. The quantitative estimate of drug-likeness (QED) is 0.490. The first-order valence-electron chi connectivity index (χ1n) is 5.74. The van der Waals surface area contributed by atoms with Crippen LogP contribution in [0.1, 0.15) is 18.1 Å². The molecular weight excluding hydrogens is 261 g/mol. The molecule has 0 unspecified atom stereocenters. The van der Waals surface area contributed by atoms with E-state index in [1.807, 2.05) is 0 Å². The molecule has 5 nitrogen and oxygen atoms in total. The molecule has 0 atom stereocenters. The van der Waals surface area contributed by atoms with Crippen LogP contribution in [0.5, 0.6) is 0 Å². The Bertz CT molecular complexity index is 578. The lowest BCUT2D eigenvalue weighted by Crippen LogP contribution is -2.23. The minimum atomic E-state index is -0.611. The summed E-state index contributed by atoms with van der Waals surface area (Å²) >= 11 is 0. The summed E-state index contributed by atoms with van der Waals surface area (Å²) in [5.74, 6) is -1.05. The molecule has 0 aliphatic carbocycles. The lowest BCUT2D eigenvalue weighted by atomic mass is 10.1. The van der Waals surface area contributed by atoms with Crippen molar-refractivity contribution in [2.75, 3.05) is 6.61 Å². The molecule has 0 spiro atoms. The number of hydrogen-bond donors (Lipinski definition) is 1. The number of carbonyl (C=O) groups excluding carboxylic acids is 1. The third-order valence-corrected chi connectivity index (χ3v) is 2.51. The fourth-order valence-electron chi connectivity index (χ4n) is 1.46. The zero-order chi connectivity index (χ0) is 15.1. The van der Waals surface area contributed by atoms with Crippen LogP contribution in [0.3, 0.4) is 0 Å². The molecule has 0 radical (unpaired) electrons. The van der Waals surface area contributed by atoms with E-state index in [4.69, 9.17) is 15.4 Å².